The number of amides is 1. The highest BCUT2D eigenvalue weighted by Gasteiger charge is 2.46. The van der Waals surface area contributed by atoms with E-state index in [1.165, 1.54) is 18.5 Å². The van der Waals surface area contributed by atoms with Gasteiger partial charge in [0.05, 0.1) is 10.7 Å². The summed E-state index contributed by atoms with van der Waals surface area (Å²) in [5, 5.41) is 3.32. The van der Waals surface area contributed by atoms with Crippen molar-refractivity contribution in [2.75, 3.05) is 19.6 Å². The number of piperidine rings is 1. The van der Waals surface area contributed by atoms with Crippen LogP contribution in [0.25, 0.3) is 0 Å². The van der Waals surface area contributed by atoms with Gasteiger partial charge in [-0.15, -0.1) is 11.3 Å². The van der Waals surface area contributed by atoms with Gasteiger partial charge in [-0.05, 0) is 56.8 Å². The standard InChI is InChI=1S/C21H28N4OS/c1-16-23-19(14-27-16)13-24-9-6-21(7-10-24)12-20(25(15-21)17(2)26)11-18-5-3-4-8-22-18/h3-5,8,14,20H,6-7,9-13,15H2,1-2H3. The number of hydrogen-bond acceptors (Lipinski definition) is 5. The minimum Gasteiger partial charge on any atom is -0.339 e. The summed E-state index contributed by atoms with van der Waals surface area (Å²) in [5.41, 5.74) is 2.56. The molecule has 144 valence electrons. The van der Waals surface area contributed by atoms with E-state index in [1.54, 1.807) is 18.3 Å². The molecule has 2 saturated heterocycles. The Kier molecular flexibility index (Phi) is 5.28. The van der Waals surface area contributed by atoms with E-state index in [-0.39, 0.29) is 17.4 Å². The number of pyridine rings is 1. The second kappa shape index (κ2) is 7.68. The number of carbonyl (C=O) groups excluding carboxylic acids is 1. The van der Waals surface area contributed by atoms with Gasteiger partial charge in [0.15, 0.2) is 0 Å². The molecule has 1 amide bonds. The summed E-state index contributed by atoms with van der Waals surface area (Å²) in [6.07, 6.45) is 6.14. The second-order valence-corrected chi connectivity index (χ2v) is 9.23. The molecule has 2 aromatic heterocycles. The van der Waals surface area contributed by atoms with E-state index in [0.717, 1.165) is 49.7 Å². The van der Waals surface area contributed by atoms with Crippen LogP contribution in [0.15, 0.2) is 29.8 Å². The fourth-order valence-corrected chi connectivity index (χ4v) is 5.34. The zero-order chi connectivity index (χ0) is 18.9. The third-order valence-electron chi connectivity index (χ3n) is 6.16. The van der Waals surface area contributed by atoms with E-state index >= 15 is 0 Å². The lowest BCUT2D eigenvalue weighted by Gasteiger charge is -2.39. The molecule has 1 spiro atoms. The van der Waals surface area contributed by atoms with E-state index in [2.05, 4.69) is 38.1 Å². The maximum atomic E-state index is 12.3. The molecule has 2 aliphatic rings. The van der Waals surface area contributed by atoms with Crippen LogP contribution in [0.5, 0.6) is 0 Å². The van der Waals surface area contributed by atoms with Crippen LogP contribution in [0.4, 0.5) is 0 Å². The van der Waals surface area contributed by atoms with Gasteiger partial charge in [-0.25, -0.2) is 4.98 Å². The lowest BCUT2D eigenvalue weighted by Crippen LogP contribution is -2.41. The average Bonchev–Trinajstić information content (AvgIpc) is 3.22. The molecule has 4 heterocycles. The van der Waals surface area contributed by atoms with Crippen LogP contribution in [0.2, 0.25) is 0 Å². The Labute approximate surface area is 165 Å². The van der Waals surface area contributed by atoms with Gasteiger partial charge >= 0.3 is 0 Å². The topological polar surface area (TPSA) is 49.3 Å². The number of rotatable bonds is 4. The largest absolute Gasteiger partial charge is 0.339 e. The number of aromatic nitrogens is 2. The lowest BCUT2D eigenvalue weighted by atomic mass is 9.76. The van der Waals surface area contributed by atoms with Crippen molar-refractivity contribution in [2.24, 2.45) is 5.41 Å². The van der Waals surface area contributed by atoms with Gasteiger partial charge in [0.1, 0.15) is 0 Å². The fourth-order valence-electron chi connectivity index (χ4n) is 4.73. The van der Waals surface area contributed by atoms with Crippen molar-refractivity contribution >= 4 is 17.2 Å². The van der Waals surface area contributed by atoms with Crippen LogP contribution in [-0.4, -0.2) is 51.4 Å². The van der Waals surface area contributed by atoms with Crippen LogP contribution in [0.3, 0.4) is 0 Å². The maximum absolute atomic E-state index is 12.3. The molecule has 0 N–H and O–H groups in total. The predicted octanol–water partition coefficient (Wildman–Crippen LogP) is 3.29. The number of thiazole rings is 1. The Morgan fingerprint density at radius 2 is 2.11 bits per heavy atom. The third-order valence-corrected chi connectivity index (χ3v) is 6.98. The Morgan fingerprint density at radius 1 is 1.30 bits per heavy atom. The maximum Gasteiger partial charge on any atom is 0.219 e. The van der Waals surface area contributed by atoms with Gasteiger partial charge in [-0.3, -0.25) is 14.7 Å². The first kappa shape index (κ1) is 18.6. The lowest BCUT2D eigenvalue weighted by molar-refractivity contribution is -0.130. The van der Waals surface area contributed by atoms with Gasteiger partial charge < -0.3 is 4.90 Å². The number of likely N-dealkylation sites (tertiary alicyclic amines) is 2. The highest BCUT2D eigenvalue weighted by molar-refractivity contribution is 7.09. The molecule has 4 rings (SSSR count). The number of carbonyl (C=O) groups is 1. The minimum absolute atomic E-state index is 0.202. The molecule has 6 heteroatoms. The van der Waals surface area contributed by atoms with E-state index in [9.17, 15) is 4.79 Å². The molecule has 0 aromatic carbocycles. The van der Waals surface area contributed by atoms with Crippen LogP contribution in [0, 0.1) is 12.3 Å². The molecular formula is C21H28N4OS. The van der Waals surface area contributed by atoms with Crippen LogP contribution in [-0.2, 0) is 17.8 Å². The molecule has 2 fully saturated rings. The van der Waals surface area contributed by atoms with Gasteiger partial charge in [0.2, 0.25) is 5.91 Å². The molecule has 2 aromatic rings. The first-order chi connectivity index (χ1) is 13.0. The summed E-state index contributed by atoms with van der Waals surface area (Å²) in [6, 6.07) is 6.33. The van der Waals surface area contributed by atoms with Crippen molar-refractivity contribution in [2.45, 2.75) is 52.1 Å². The van der Waals surface area contributed by atoms with Crippen LogP contribution >= 0.6 is 11.3 Å². The highest BCUT2D eigenvalue weighted by Crippen LogP contribution is 2.44. The molecule has 1 unspecified atom stereocenters. The number of nitrogens with zero attached hydrogens (tertiary/aromatic N) is 4. The van der Waals surface area contributed by atoms with Gasteiger partial charge in [0, 0.05) is 49.7 Å². The Bertz CT molecular complexity index is 782. The summed E-state index contributed by atoms with van der Waals surface area (Å²) < 4.78 is 0. The average molecular weight is 385 g/mol. The third kappa shape index (κ3) is 4.22. The van der Waals surface area contributed by atoms with Crippen molar-refractivity contribution in [3.63, 3.8) is 0 Å². The Hall–Kier alpha value is -1.79. The molecule has 0 aliphatic carbocycles. The molecule has 27 heavy (non-hydrogen) atoms. The zero-order valence-corrected chi connectivity index (χ0v) is 17.0. The van der Waals surface area contributed by atoms with Gasteiger partial charge in [-0.1, -0.05) is 6.07 Å². The summed E-state index contributed by atoms with van der Waals surface area (Å²) in [4.78, 5) is 26.0. The number of aryl methyl sites for hydroxylation is 1. The van der Waals surface area contributed by atoms with Crippen LogP contribution in [0.1, 0.15) is 42.6 Å². The predicted molar refractivity (Wildman–Crippen MR) is 108 cm³/mol. The highest BCUT2D eigenvalue weighted by atomic mass is 32.1. The summed E-state index contributed by atoms with van der Waals surface area (Å²) >= 11 is 1.73. The van der Waals surface area contributed by atoms with Gasteiger partial charge in [-0.2, -0.15) is 0 Å². The van der Waals surface area contributed by atoms with Crippen molar-refractivity contribution in [1.82, 2.24) is 19.8 Å². The van der Waals surface area contributed by atoms with Crippen LogP contribution < -0.4 is 0 Å². The summed E-state index contributed by atoms with van der Waals surface area (Å²) in [7, 11) is 0. The van der Waals surface area contributed by atoms with E-state index in [0.29, 0.717) is 0 Å². The minimum atomic E-state index is 0.202. The quantitative estimate of drug-likeness (QED) is 0.812. The number of hydrogen-bond donors (Lipinski definition) is 0. The Balaban J connectivity index is 1.39. The van der Waals surface area contributed by atoms with E-state index in [1.807, 2.05) is 18.3 Å². The molecule has 0 bridgehead atoms. The fraction of sp³-hybridized carbons (Fsp3) is 0.571. The smallest absolute Gasteiger partial charge is 0.219 e. The van der Waals surface area contributed by atoms with Crippen molar-refractivity contribution in [3.8, 4) is 0 Å². The van der Waals surface area contributed by atoms with Crippen molar-refractivity contribution in [3.05, 3.63) is 46.2 Å². The van der Waals surface area contributed by atoms with E-state index < -0.39 is 0 Å². The molecule has 1 atom stereocenters. The molecule has 5 nitrogen and oxygen atoms in total. The first-order valence-electron chi connectivity index (χ1n) is 9.83. The van der Waals surface area contributed by atoms with Crippen molar-refractivity contribution in [1.29, 1.82) is 0 Å². The normalized spacial score (nSPS) is 22.4. The monoisotopic (exact) mass is 384 g/mol. The second-order valence-electron chi connectivity index (χ2n) is 8.16. The zero-order valence-electron chi connectivity index (χ0n) is 16.2. The Morgan fingerprint density at radius 3 is 2.74 bits per heavy atom. The van der Waals surface area contributed by atoms with Crippen molar-refractivity contribution < 1.29 is 4.79 Å². The first-order valence-corrected chi connectivity index (χ1v) is 10.7. The molecule has 0 radical (unpaired) electrons. The van der Waals surface area contributed by atoms with Gasteiger partial charge in [0.25, 0.3) is 0 Å². The molecule has 2 aliphatic heterocycles. The molecule has 0 saturated carbocycles. The SMILES string of the molecule is CC(=O)N1CC2(CCN(Cc3csc(C)n3)CC2)CC1Cc1ccccn1. The molecular weight excluding hydrogens is 356 g/mol. The summed E-state index contributed by atoms with van der Waals surface area (Å²) in [6.45, 7) is 7.83. The summed E-state index contributed by atoms with van der Waals surface area (Å²) in [5.74, 6) is 0.202. The van der Waals surface area contributed by atoms with E-state index in [4.69, 9.17) is 0 Å².